The predicted molar refractivity (Wildman–Crippen MR) is 171 cm³/mol. The van der Waals surface area contributed by atoms with E-state index in [2.05, 4.69) is 57.0 Å². The van der Waals surface area contributed by atoms with Gasteiger partial charge in [0.2, 0.25) is 12.5 Å². The molecule has 0 aliphatic carbocycles. The molecular formula is C33H27BrN4O8. The van der Waals surface area contributed by atoms with Gasteiger partial charge in [0.15, 0.2) is 17.3 Å². The van der Waals surface area contributed by atoms with E-state index in [-0.39, 0.29) is 37.2 Å². The van der Waals surface area contributed by atoms with Crippen molar-refractivity contribution < 1.29 is 33.1 Å². The van der Waals surface area contributed by atoms with Crippen LogP contribution in [0, 0.1) is 24.0 Å². The van der Waals surface area contributed by atoms with Gasteiger partial charge in [-0.3, -0.25) is 14.9 Å². The Morgan fingerprint density at radius 1 is 0.978 bits per heavy atom. The zero-order valence-corrected chi connectivity index (χ0v) is 26.3. The highest BCUT2D eigenvalue weighted by atomic mass is 79.9. The van der Waals surface area contributed by atoms with Crippen LogP contribution in [0.4, 0.5) is 5.69 Å². The molecule has 46 heavy (non-hydrogen) atoms. The number of hydrazone groups is 1. The SMILES string of the molecule is Cc1ccc(C)n1-c1ccc(OCc2ccc(C(=O)N/N=C/c3cc(Br)c(OCc4ccc5c(c4)OCO5)c([N+](=O)[O-])c3)o2)cc1. The van der Waals surface area contributed by atoms with E-state index in [0.717, 1.165) is 22.6 Å². The number of hydrogen-bond acceptors (Lipinski definition) is 9. The van der Waals surface area contributed by atoms with E-state index in [4.69, 9.17) is 23.4 Å². The van der Waals surface area contributed by atoms with Gasteiger partial charge in [-0.1, -0.05) is 6.07 Å². The second-order valence-electron chi connectivity index (χ2n) is 10.3. The van der Waals surface area contributed by atoms with Crippen LogP contribution in [0.3, 0.4) is 0 Å². The molecular weight excluding hydrogens is 660 g/mol. The van der Waals surface area contributed by atoms with Crippen molar-refractivity contribution in [3.8, 4) is 28.7 Å². The first kappa shape index (κ1) is 30.5. The molecule has 6 rings (SSSR count). The molecule has 1 aliphatic rings. The highest BCUT2D eigenvalue weighted by Gasteiger charge is 2.21. The number of aryl methyl sites for hydroxylation is 2. The van der Waals surface area contributed by atoms with Crippen LogP contribution >= 0.6 is 15.9 Å². The second-order valence-corrected chi connectivity index (χ2v) is 11.1. The minimum absolute atomic E-state index is 0.0316. The number of rotatable bonds is 11. The van der Waals surface area contributed by atoms with E-state index in [0.29, 0.717) is 33.0 Å². The molecule has 1 N–H and O–H groups in total. The Bertz CT molecular complexity index is 1930. The van der Waals surface area contributed by atoms with Crippen LogP contribution in [0.2, 0.25) is 0 Å². The summed E-state index contributed by atoms with van der Waals surface area (Å²) in [5.41, 5.74) is 6.52. The molecule has 13 heteroatoms. The van der Waals surface area contributed by atoms with Crippen LogP contribution in [0.1, 0.15) is 38.8 Å². The van der Waals surface area contributed by atoms with Gasteiger partial charge >= 0.3 is 11.6 Å². The lowest BCUT2D eigenvalue weighted by Crippen LogP contribution is -2.16. The van der Waals surface area contributed by atoms with Gasteiger partial charge < -0.3 is 27.9 Å². The summed E-state index contributed by atoms with van der Waals surface area (Å²) >= 11 is 3.35. The Kier molecular flexibility index (Phi) is 8.74. The van der Waals surface area contributed by atoms with E-state index in [1.54, 1.807) is 30.3 Å². The number of carbonyl (C=O) groups excluding carboxylic acids is 1. The first-order valence-electron chi connectivity index (χ1n) is 14.0. The third-order valence-corrected chi connectivity index (χ3v) is 7.66. The van der Waals surface area contributed by atoms with Gasteiger partial charge in [-0.15, -0.1) is 0 Å². The standard InChI is InChI=1S/C33H27BrN4O8/c1-20-3-4-21(2)37(20)24-6-8-25(9-7-24)42-18-26-10-12-30(46-26)33(39)36-35-16-23-13-27(34)32(28(14-23)38(40)41)43-17-22-5-11-29-31(15-22)45-19-44-29/h3-16H,17-19H2,1-2H3,(H,36,39)/b35-16+. The highest BCUT2D eigenvalue weighted by Crippen LogP contribution is 2.38. The number of ether oxygens (including phenoxy) is 4. The van der Waals surface area contributed by atoms with Gasteiger partial charge in [-0.05, 0) is 102 Å². The molecule has 12 nitrogen and oxygen atoms in total. The number of hydrogen-bond donors (Lipinski definition) is 1. The Morgan fingerprint density at radius 3 is 2.50 bits per heavy atom. The van der Waals surface area contributed by atoms with Crippen LogP contribution in [0.5, 0.6) is 23.0 Å². The molecule has 0 fully saturated rings. The van der Waals surface area contributed by atoms with Crippen molar-refractivity contribution in [3.05, 3.63) is 127 Å². The second kappa shape index (κ2) is 13.2. The maximum absolute atomic E-state index is 12.6. The van der Waals surface area contributed by atoms with Crippen LogP contribution < -0.4 is 24.4 Å². The Morgan fingerprint density at radius 2 is 1.74 bits per heavy atom. The number of furan rings is 1. The van der Waals surface area contributed by atoms with Crippen molar-refractivity contribution in [1.82, 2.24) is 9.99 Å². The molecule has 1 amide bonds. The van der Waals surface area contributed by atoms with Crippen molar-refractivity contribution >= 4 is 33.7 Å². The van der Waals surface area contributed by atoms with Crippen molar-refractivity contribution in [3.63, 3.8) is 0 Å². The first-order chi connectivity index (χ1) is 22.2. The molecule has 0 bridgehead atoms. The van der Waals surface area contributed by atoms with E-state index >= 15 is 0 Å². The van der Waals surface area contributed by atoms with Gasteiger partial charge in [-0.25, -0.2) is 5.43 Å². The summed E-state index contributed by atoms with van der Waals surface area (Å²) in [4.78, 5) is 23.9. The number of halogens is 1. The van der Waals surface area contributed by atoms with Gasteiger partial charge in [0, 0.05) is 28.7 Å². The molecule has 0 saturated heterocycles. The Balaban J connectivity index is 1.04. The van der Waals surface area contributed by atoms with Gasteiger partial charge in [0.25, 0.3) is 0 Å². The number of benzene rings is 3. The monoisotopic (exact) mass is 686 g/mol. The van der Waals surface area contributed by atoms with Crippen molar-refractivity contribution in [2.75, 3.05) is 6.79 Å². The van der Waals surface area contributed by atoms with Crippen molar-refractivity contribution in [1.29, 1.82) is 0 Å². The van der Waals surface area contributed by atoms with Crippen LogP contribution in [0.25, 0.3) is 5.69 Å². The summed E-state index contributed by atoms with van der Waals surface area (Å²) in [6.07, 6.45) is 1.28. The third kappa shape index (κ3) is 6.74. The van der Waals surface area contributed by atoms with Gasteiger partial charge in [0.1, 0.15) is 24.7 Å². The number of nitro benzene ring substituents is 1. The molecule has 0 unspecified atom stereocenters. The summed E-state index contributed by atoms with van der Waals surface area (Å²) in [6, 6.07) is 23.2. The maximum atomic E-state index is 12.6. The van der Waals surface area contributed by atoms with Crippen molar-refractivity contribution in [2.45, 2.75) is 27.1 Å². The average molecular weight is 688 g/mol. The average Bonchev–Trinajstić information content (AvgIpc) is 3.79. The normalized spacial score (nSPS) is 12.0. The predicted octanol–water partition coefficient (Wildman–Crippen LogP) is 7.01. The molecule has 0 saturated carbocycles. The first-order valence-corrected chi connectivity index (χ1v) is 14.8. The fourth-order valence-electron chi connectivity index (χ4n) is 4.86. The number of nitrogens with one attached hydrogen (secondary N) is 1. The Labute approximate surface area is 271 Å². The molecule has 2 aromatic heterocycles. The fourth-order valence-corrected chi connectivity index (χ4v) is 5.44. The molecule has 3 aromatic carbocycles. The largest absolute Gasteiger partial charge is 0.486 e. The summed E-state index contributed by atoms with van der Waals surface area (Å²) in [5.74, 6) is 1.81. The van der Waals surface area contributed by atoms with Crippen LogP contribution in [-0.4, -0.2) is 28.4 Å². The van der Waals surface area contributed by atoms with Crippen molar-refractivity contribution in [2.24, 2.45) is 5.10 Å². The van der Waals surface area contributed by atoms with E-state index < -0.39 is 10.8 Å². The van der Waals surface area contributed by atoms with Gasteiger partial charge in [0.05, 0.1) is 15.6 Å². The minimum atomic E-state index is -0.596. The van der Waals surface area contributed by atoms with E-state index in [1.165, 1.54) is 18.3 Å². The number of nitro groups is 1. The lowest BCUT2D eigenvalue weighted by molar-refractivity contribution is -0.386. The number of nitrogens with zero attached hydrogens (tertiary/aromatic N) is 3. The number of fused-ring (bicyclic) bond motifs is 1. The summed E-state index contributed by atoms with van der Waals surface area (Å²) in [5, 5.41) is 15.8. The summed E-state index contributed by atoms with van der Waals surface area (Å²) in [6.45, 7) is 4.43. The Hall–Kier alpha value is -5.56. The molecule has 234 valence electrons. The topological polar surface area (TPSA) is 140 Å². The number of aromatic nitrogens is 1. The number of amides is 1. The van der Waals surface area contributed by atoms with Crippen LogP contribution in [0.15, 0.2) is 92.9 Å². The fraction of sp³-hybridized carbons (Fsp3) is 0.152. The summed E-state index contributed by atoms with van der Waals surface area (Å²) in [7, 11) is 0. The highest BCUT2D eigenvalue weighted by molar-refractivity contribution is 9.10. The molecule has 5 aromatic rings. The molecule has 0 spiro atoms. The van der Waals surface area contributed by atoms with E-state index in [1.807, 2.05) is 24.3 Å². The molecule has 1 aliphatic heterocycles. The van der Waals surface area contributed by atoms with Crippen LogP contribution in [-0.2, 0) is 13.2 Å². The molecule has 0 radical (unpaired) electrons. The number of carbonyl (C=O) groups is 1. The smallest absolute Gasteiger partial charge is 0.312 e. The zero-order chi connectivity index (χ0) is 32.2. The lowest BCUT2D eigenvalue weighted by atomic mass is 10.2. The molecule has 3 heterocycles. The minimum Gasteiger partial charge on any atom is -0.486 e. The summed E-state index contributed by atoms with van der Waals surface area (Å²) < 4.78 is 30.4. The lowest BCUT2D eigenvalue weighted by Gasteiger charge is -2.10. The zero-order valence-electron chi connectivity index (χ0n) is 24.7. The molecule has 0 atom stereocenters. The third-order valence-electron chi connectivity index (χ3n) is 7.08. The quantitative estimate of drug-likeness (QED) is 0.0889. The van der Waals surface area contributed by atoms with Gasteiger partial charge in [-0.2, -0.15) is 5.10 Å². The van der Waals surface area contributed by atoms with E-state index in [9.17, 15) is 14.9 Å². The maximum Gasteiger partial charge on any atom is 0.312 e.